The standard InChI is InChI=1S/C9H8Cl2N2OS/c10-6-2-8(11)12-3-7(6)13-4-5(15)1-9(13)14/h2-3,5,15H,1,4H2. The summed E-state index contributed by atoms with van der Waals surface area (Å²) in [7, 11) is 0. The molecular weight excluding hydrogens is 255 g/mol. The fraction of sp³-hybridized carbons (Fsp3) is 0.333. The van der Waals surface area contributed by atoms with Gasteiger partial charge >= 0.3 is 0 Å². The van der Waals surface area contributed by atoms with Crippen LogP contribution in [0, 0.1) is 0 Å². The van der Waals surface area contributed by atoms with E-state index in [1.54, 1.807) is 4.90 Å². The lowest BCUT2D eigenvalue weighted by atomic mass is 10.4. The highest BCUT2D eigenvalue weighted by Gasteiger charge is 2.29. The predicted molar refractivity (Wildman–Crippen MR) is 64.0 cm³/mol. The van der Waals surface area contributed by atoms with Gasteiger partial charge in [-0.25, -0.2) is 4.98 Å². The SMILES string of the molecule is O=C1CC(S)CN1c1cnc(Cl)cc1Cl. The lowest BCUT2D eigenvalue weighted by molar-refractivity contribution is -0.117. The first-order valence-corrected chi connectivity index (χ1v) is 5.64. The molecule has 1 saturated heterocycles. The quantitative estimate of drug-likeness (QED) is 0.623. The van der Waals surface area contributed by atoms with Crippen LogP contribution in [0.5, 0.6) is 0 Å². The van der Waals surface area contributed by atoms with Gasteiger partial charge in [0.1, 0.15) is 5.15 Å². The molecule has 0 N–H and O–H groups in total. The zero-order chi connectivity index (χ0) is 11.0. The molecule has 1 amide bonds. The highest BCUT2D eigenvalue weighted by molar-refractivity contribution is 7.81. The molecule has 3 nitrogen and oxygen atoms in total. The van der Waals surface area contributed by atoms with Crippen LogP contribution >= 0.6 is 35.8 Å². The molecule has 0 aliphatic carbocycles. The molecule has 1 aliphatic rings. The average molecular weight is 263 g/mol. The van der Waals surface area contributed by atoms with Crippen molar-refractivity contribution in [2.45, 2.75) is 11.7 Å². The molecule has 2 heterocycles. The van der Waals surface area contributed by atoms with Crippen molar-refractivity contribution in [2.75, 3.05) is 11.4 Å². The molecule has 1 unspecified atom stereocenters. The van der Waals surface area contributed by atoms with Gasteiger partial charge in [-0.1, -0.05) is 23.2 Å². The normalized spacial score (nSPS) is 21.1. The Morgan fingerprint density at radius 2 is 2.27 bits per heavy atom. The number of halogens is 2. The van der Waals surface area contributed by atoms with E-state index in [0.717, 1.165) is 0 Å². The van der Waals surface area contributed by atoms with Crippen molar-refractivity contribution in [1.29, 1.82) is 0 Å². The molecule has 0 bridgehead atoms. The lowest BCUT2D eigenvalue weighted by Crippen LogP contribution is -2.25. The van der Waals surface area contributed by atoms with Crippen molar-refractivity contribution < 1.29 is 4.79 Å². The molecule has 0 aromatic carbocycles. The van der Waals surface area contributed by atoms with Crippen molar-refractivity contribution >= 4 is 47.4 Å². The van der Waals surface area contributed by atoms with Crippen molar-refractivity contribution in [3.63, 3.8) is 0 Å². The number of hydrogen-bond donors (Lipinski definition) is 1. The number of aromatic nitrogens is 1. The third-order valence-electron chi connectivity index (χ3n) is 2.20. The molecule has 2 rings (SSSR count). The first-order chi connectivity index (χ1) is 7.08. The van der Waals surface area contributed by atoms with Crippen LogP contribution in [0.1, 0.15) is 6.42 Å². The van der Waals surface area contributed by atoms with E-state index in [1.165, 1.54) is 12.3 Å². The summed E-state index contributed by atoms with van der Waals surface area (Å²) < 4.78 is 0. The third kappa shape index (κ3) is 2.22. The third-order valence-corrected chi connectivity index (χ3v) is 3.05. The van der Waals surface area contributed by atoms with Crippen molar-refractivity contribution in [2.24, 2.45) is 0 Å². The number of amides is 1. The summed E-state index contributed by atoms with van der Waals surface area (Å²) in [6, 6.07) is 1.53. The van der Waals surface area contributed by atoms with Crippen LogP contribution in [0.15, 0.2) is 12.3 Å². The Balaban J connectivity index is 2.34. The summed E-state index contributed by atoms with van der Waals surface area (Å²) >= 11 is 15.9. The zero-order valence-electron chi connectivity index (χ0n) is 7.65. The van der Waals surface area contributed by atoms with Gasteiger partial charge in [-0.3, -0.25) is 4.79 Å². The lowest BCUT2D eigenvalue weighted by Gasteiger charge is -2.16. The monoisotopic (exact) mass is 262 g/mol. The Kier molecular flexibility index (Phi) is 3.09. The van der Waals surface area contributed by atoms with Crippen LogP contribution < -0.4 is 4.90 Å². The van der Waals surface area contributed by atoms with E-state index in [2.05, 4.69) is 17.6 Å². The van der Waals surface area contributed by atoms with Gasteiger partial charge in [0.25, 0.3) is 0 Å². The maximum absolute atomic E-state index is 11.6. The Labute approximate surface area is 103 Å². The van der Waals surface area contributed by atoms with Crippen molar-refractivity contribution in [1.82, 2.24) is 4.98 Å². The minimum Gasteiger partial charge on any atom is -0.308 e. The number of hydrogen-bond acceptors (Lipinski definition) is 3. The Morgan fingerprint density at radius 3 is 2.80 bits per heavy atom. The van der Waals surface area contributed by atoms with Crippen LogP contribution in [-0.2, 0) is 4.79 Å². The molecule has 15 heavy (non-hydrogen) atoms. The van der Waals surface area contributed by atoms with E-state index < -0.39 is 0 Å². The zero-order valence-corrected chi connectivity index (χ0v) is 10.1. The second kappa shape index (κ2) is 4.20. The first kappa shape index (κ1) is 11.0. The minimum absolute atomic E-state index is 0.0148. The summed E-state index contributed by atoms with van der Waals surface area (Å²) in [5.74, 6) is 0.0148. The fourth-order valence-electron chi connectivity index (χ4n) is 1.52. The molecule has 80 valence electrons. The molecule has 1 fully saturated rings. The second-order valence-corrected chi connectivity index (χ2v) is 4.85. The molecule has 0 spiro atoms. The summed E-state index contributed by atoms with van der Waals surface area (Å²) in [4.78, 5) is 17.1. The van der Waals surface area contributed by atoms with Gasteiger partial charge in [-0.2, -0.15) is 12.6 Å². The van der Waals surface area contributed by atoms with Crippen LogP contribution in [0.4, 0.5) is 5.69 Å². The minimum atomic E-state index is 0.0148. The smallest absolute Gasteiger partial charge is 0.228 e. The van der Waals surface area contributed by atoms with Crippen molar-refractivity contribution in [3.8, 4) is 0 Å². The average Bonchev–Trinajstić information content (AvgIpc) is 2.45. The number of thiol groups is 1. The van der Waals surface area contributed by atoms with Gasteiger partial charge in [-0.15, -0.1) is 0 Å². The topological polar surface area (TPSA) is 33.2 Å². The molecule has 0 radical (unpaired) electrons. The molecule has 0 saturated carbocycles. The first-order valence-electron chi connectivity index (χ1n) is 4.37. The van der Waals surface area contributed by atoms with Crippen LogP contribution in [-0.4, -0.2) is 22.7 Å². The summed E-state index contributed by atoms with van der Waals surface area (Å²) in [5, 5.41) is 0.813. The number of carbonyl (C=O) groups is 1. The highest BCUT2D eigenvalue weighted by Crippen LogP contribution is 2.31. The van der Waals surface area contributed by atoms with Gasteiger partial charge in [0, 0.05) is 18.2 Å². The van der Waals surface area contributed by atoms with Crippen LogP contribution in [0.3, 0.4) is 0 Å². The van der Waals surface area contributed by atoms with E-state index in [1.807, 2.05) is 0 Å². The Morgan fingerprint density at radius 1 is 1.53 bits per heavy atom. The fourth-order valence-corrected chi connectivity index (χ4v) is 2.31. The molecule has 1 aromatic heterocycles. The number of pyridine rings is 1. The molecule has 1 aliphatic heterocycles. The van der Waals surface area contributed by atoms with Gasteiger partial charge in [-0.05, 0) is 6.07 Å². The maximum atomic E-state index is 11.6. The Bertz CT molecular complexity index is 413. The van der Waals surface area contributed by atoms with E-state index in [9.17, 15) is 4.79 Å². The van der Waals surface area contributed by atoms with E-state index in [0.29, 0.717) is 28.8 Å². The van der Waals surface area contributed by atoms with E-state index >= 15 is 0 Å². The molecular formula is C9H8Cl2N2OS. The number of rotatable bonds is 1. The number of nitrogens with zero attached hydrogens (tertiary/aromatic N) is 2. The van der Waals surface area contributed by atoms with E-state index in [-0.39, 0.29) is 11.2 Å². The van der Waals surface area contributed by atoms with Gasteiger partial charge in [0.05, 0.1) is 16.9 Å². The van der Waals surface area contributed by atoms with Gasteiger partial charge in [0.15, 0.2) is 0 Å². The van der Waals surface area contributed by atoms with Crippen LogP contribution in [0.2, 0.25) is 10.2 Å². The summed E-state index contributed by atoms with van der Waals surface area (Å²) in [6.07, 6.45) is 1.94. The summed E-state index contributed by atoms with van der Waals surface area (Å²) in [5.41, 5.74) is 0.600. The van der Waals surface area contributed by atoms with E-state index in [4.69, 9.17) is 23.2 Å². The number of anilines is 1. The number of carbonyl (C=O) groups excluding carboxylic acids is 1. The predicted octanol–water partition coefficient (Wildman–Crippen LogP) is 2.42. The summed E-state index contributed by atoms with van der Waals surface area (Å²) in [6.45, 7) is 0.560. The second-order valence-electron chi connectivity index (χ2n) is 3.32. The van der Waals surface area contributed by atoms with Crippen LogP contribution in [0.25, 0.3) is 0 Å². The molecule has 6 heteroatoms. The van der Waals surface area contributed by atoms with Gasteiger partial charge < -0.3 is 4.90 Å². The molecule has 1 atom stereocenters. The maximum Gasteiger partial charge on any atom is 0.228 e. The van der Waals surface area contributed by atoms with Gasteiger partial charge in [0.2, 0.25) is 5.91 Å². The highest BCUT2D eigenvalue weighted by atomic mass is 35.5. The Hall–Kier alpha value is -0.450. The van der Waals surface area contributed by atoms with Crippen molar-refractivity contribution in [3.05, 3.63) is 22.4 Å². The molecule has 1 aromatic rings. The largest absolute Gasteiger partial charge is 0.308 e.